The first kappa shape index (κ1) is 21.6. The van der Waals surface area contributed by atoms with Gasteiger partial charge < -0.3 is 4.90 Å². The van der Waals surface area contributed by atoms with E-state index < -0.39 is 0 Å². The lowest BCUT2D eigenvalue weighted by Crippen LogP contribution is -2.09. The zero-order valence-corrected chi connectivity index (χ0v) is 20.0. The molecule has 0 fully saturated rings. The van der Waals surface area contributed by atoms with E-state index in [1.54, 1.807) is 0 Å². The molecule has 0 unspecified atom stereocenters. The predicted molar refractivity (Wildman–Crippen MR) is 149 cm³/mol. The Hall–Kier alpha value is -4.90. The van der Waals surface area contributed by atoms with E-state index in [0.29, 0.717) is 11.1 Å². The molecule has 3 nitrogen and oxygen atoms in total. The van der Waals surface area contributed by atoms with Gasteiger partial charge >= 0.3 is 0 Å². The first-order valence-corrected chi connectivity index (χ1v) is 12.4. The summed E-state index contributed by atoms with van der Waals surface area (Å²) in [4.78, 5) is 2.13. The normalized spacial score (nSPS) is 10.7. The molecule has 0 spiro atoms. The Morgan fingerprint density at radius 1 is 0.528 bits per heavy atom. The third-order valence-electron chi connectivity index (χ3n) is 6.35. The molecule has 0 saturated carbocycles. The van der Waals surface area contributed by atoms with Gasteiger partial charge in [-0.2, -0.15) is 10.5 Å². The van der Waals surface area contributed by atoms with Crippen LogP contribution >= 0.6 is 11.3 Å². The van der Waals surface area contributed by atoms with Crippen molar-refractivity contribution in [2.75, 3.05) is 4.90 Å². The highest BCUT2D eigenvalue weighted by Crippen LogP contribution is 2.41. The van der Waals surface area contributed by atoms with Gasteiger partial charge in [-0.3, -0.25) is 0 Å². The molecule has 0 bridgehead atoms. The Morgan fingerprint density at radius 2 is 1.06 bits per heavy atom. The van der Waals surface area contributed by atoms with Crippen LogP contribution in [0.4, 0.5) is 17.1 Å². The Balaban J connectivity index is 1.44. The first-order valence-electron chi connectivity index (χ1n) is 11.6. The van der Waals surface area contributed by atoms with Crippen LogP contribution in [0.15, 0.2) is 115 Å². The van der Waals surface area contributed by atoms with Crippen LogP contribution in [-0.4, -0.2) is 0 Å². The van der Waals surface area contributed by atoms with Crippen molar-refractivity contribution in [3.8, 4) is 23.3 Å². The Labute approximate surface area is 213 Å². The van der Waals surface area contributed by atoms with E-state index in [1.165, 1.54) is 25.7 Å². The fourth-order valence-electron chi connectivity index (χ4n) is 4.58. The number of anilines is 3. The number of fused-ring (bicyclic) bond motifs is 3. The summed E-state index contributed by atoms with van der Waals surface area (Å²) in [7, 11) is 0. The molecule has 0 amide bonds. The zero-order chi connectivity index (χ0) is 24.5. The highest BCUT2D eigenvalue weighted by Gasteiger charge is 2.14. The van der Waals surface area contributed by atoms with Crippen molar-refractivity contribution in [1.82, 2.24) is 0 Å². The summed E-state index contributed by atoms with van der Waals surface area (Å²) >= 11 is 1.83. The van der Waals surface area contributed by atoms with Crippen LogP contribution in [0.5, 0.6) is 0 Å². The number of rotatable bonds is 4. The van der Waals surface area contributed by atoms with E-state index in [2.05, 4.69) is 83.8 Å². The maximum Gasteiger partial charge on any atom is 0.0991 e. The molecule has 6 aromatic rings. The monoisotopic (exact) mass is 477 g/mol. The summed E-state index contributed by atoms with van der Waals surface area (Å²) in [5.74, 6) is 0. The van der Waals surface area contributed by atoms with Crippen LogP contribution in [-0.2, 0) is 0 Å². The molecule has 0 aliphatic heterocycles. The lowest BCUT2D eigenvalue weighted by atomic mass is 10.0. The third-order valence-corrected chi connectivity index (χ3v) is 7.57. The number of hydrogen-bond donors (Lipinski definition) is 0. The van der Waals surface area contributed by atoms with Crippen molar-refractivity contribution in [2.24, 2.45) is 0 Å². The highest BCUT2D eigenvalue weighted by atomic mass is 32.1. The van der Waals surface area contributed by atoms with Crippen LogP contribution in [0, 0.1) is 22.7 Å². The van der Waals surface area contributed by atoms with Crippen LogP contribution in [0.3, 0.4) is 0 Å². The van der Waals surface area contributed by atoms with Gasteiger partial charge in [0.2, 0.25) is 0 Å². The van der Waals surface area contributed by atoms with Crippen LogP contribution in [0.2, 0.25) is 0 Å². The molecule has 1 aromatic heterocycles. The van der Waals surface area contributed by atoms with Gasteiger partial charge in [0, 0.05) is 37.2 Å². The van der Waals surface area contributed by atoms with Gasteiger partial charge in [-0.15, -0.1) is 11.3 Å². The number of thiophene rings is 1. The molecule has 6 rings (SSSR count). The van der Waals surface area contributed by atoms with E-state index in [-0.39, 0.29) is 0 Å². The number of hydrogen-bond acceptors (Lipinski definition) is 4. The standard InChI is InChI=1S/C32H19N3S/c33-20-22-8-14-25(15-9-22)35(26-16-10-23(21-34)11-17-26)27-18-12-24(13-19-27)28-5-3-6-30-29-4-1-2-7-31(29)36-32(28)30/h1-19H. The first-order chi connectivity index (χ1) is 17.7. The summed E-state index contributed by atoms with van der Waals surface area (Å²) in [5.41, 5.74) is 6.50. The van der Waals surface area contributed by atoms with E-state index in [9.17, 15) is 10.5 Å². The number of nitrogens with zero attached hydrogens (tertiary/aromatic N) is 3. The quantitative estimate of drug-likeness (QED) is 0.255. The number of nitriles is 2. The topological polar surface area (TPSA) is 50.8 Å². The molecular weight excluding hydrogens is 458 g/mol. The van der Waals surface area contributed by atoms with Gasteiger partial charge in [-0.05, 0) is 77.9 Å². The van der Waals surface area contributed by atoms with Crippen LogP contribution < -0.4 is 4.90 Å². The minimum atomic E-state index is 0.616. The van der Waals surface area contributed by atoms with Crippen LogP contribution in [0.1, 0.15) is 11.1 Å². The Morgan fingerprint density at radius 3 is 1.64 bits per heavy atom. The fourth-order valence-corrected chi connectivity index (χ4v) is 5.82. The zero-order valence-electron chi connectivity index (χ0n) is 19.2. The predicted octanol–water partition coefficient (Wildman–Crippen LogP) is 8.93. The molecule has 168 valence electrons. The summed E-state index contributed by atoms with van der Waals surface area (Å²) in [6.07, 6.45) is 0. The second-order valence-corrected chi connectivity index (χ2v) is 9.53. The van der Waals surface area contributed by atoms with Crippen molar-refractivity contribution in [1.29, 1.82) is 10.5 Å². The summed E-state index contributed by atoms with van der Waals surface area (Å²) in [5, 5.41) is 21.0. The fraction of sp³-hybridized carbons (Fsp3) is 0. The molecular formula is C32H19N3S. The van der Waals surface area contributed by atoms with Crippen molar-refractivity contribution >= 4 is 48.6 Å². The molecule has 0 saturated heterocycles. The molecule has 4 heteroatoms. The van der Waals surface area contributed by atoms with Gasteiger partial charge in [0.15, 0.2) is 0 Å². The van der Waals surface area contributed by atoms with Gasteiger partial charge in [0.1, 0.15) is 0 Å². The third kappa shape index (κ3) is 3.77. The van der Waals surface area contributed by atoms with Crippen molar-refractivity contribution in [2.45, 2.75) is 0 Å². The van der Waals surface area contributed by atoms with Crippen molar-refractivity contribution in [3.63, 3.8) is 0 Å². The lowest BCUT2D eigenvalue weighted by Gasteiger charge is -2.25. The van der Waals surface area contributed by atoms with E-state index in [1.807, 2.05) is 59.9 Å². The van der Waals surface area contributed by atoms with Gasteiger partial charge in [0.05, 0.1) is 23.3 Å². The Kier molecular flexibility index (Phi) is 5.43. The summed E-state index contributed by atoms with van der Waals surface area (Å²) in [6.45, 7) is 0. The molecule has 0 atom stereocenters. The van der Waals surface area contributed by atoms with E-state index in [0.717, 1.165) is 22.6 Å². The molecule has 0 aliphatic carbocycles. The molecule has 36 heavy (non-hydrogen) atoms. The molecule has 0 aliphatic rings. The van der Waals surface area contributed by atoms with Crippen molar-refractivity contribution in [3.05, 3.63) is 126 Å². The minimum Gasteiger partial charge on any atom is -0.311 e. The van der Waals surface area contributed by atoms with Crippen LogP contribution in [0.25, 0.3) is 31.3 Å². The van der Waals surface area contributed by atoms with Gasteiger partial charge in [-0.1, -0.05) is 48.5 Å². The molecule has 0 N–H and O–H groups in total. The molecule has 5 aromatic carbocycles. The van der Waals surface area contributed by atoms with E-state index >= 15 is 0 Å². The van der Waals surface area contributed by atoms with Gasteiger partial charge in [0.25, 0.3) is 0 Å². The average Bonchev–Trinajstić information content (AvgIpc) is 3.33. The maximum atomic E-state index is 9.23. The van der Waals surface area contributed by atoms with Gasteiger partial charge in [-0.25, -0.2) is 0 Å². The average molecular weight is 478 g/mol. The Bertz CT molecular complexity index is 1730. The number of benzene rings is 5. The van der Waals surface area contributed by atoms with Crippen molar-refractivity contribution < 1.29 is 0 Å². The second-order valence-electron chi connectivity index (χ2n) is 8.48. The second kappa shape index (κ2) is 9.04. The lowest BCUT2D eigenvalue weighted by molar-refractivity contribution is 1.28. The smallest absolute Gasteiger partial charge is 0.0991 e. The molecule has 0 radical (unpaired) electrons. The maximum absolute atomic E-state index is 9.23. The van der Waals surface area contributed by atoms with E-state index in [4.69, 9.17) is 0 Å². The minimum absolute atomic E-state index is 0.616. The molecule has 1 heterocycles. The largest absolute Gasteiger partial charge is 0.311 e. The summed E-state index contributed by atoms with van der Waals surface area (Å²) in [6, 6.07) is 43.1. The highest BCUT2D eigenvalue weighted by molar-refractivity contribution is 7.26. The summed E-state index contributed by atoms with van der Waals surface area (Å²) < 4.78 is 2.59. The SMILES string of the molecule is N#Cc1ccc(N(c2ccc(C#N)cc2)c2ccc(-c3cccc4c3sc3ccccc34)cc2)cc1.